The van der Waals surface area contributed by atoms with Crippen LogP contribution in [0.1, 0.15) is 18.5 Å². The Kier molecular flexibility index (Phi) is 4.89. The molecule has 1 amide bonds. The number of nitrogen functional groups attached to an aromatic ring is 1. The van der Waals surface area contributed by atoms with E-state index in [-0.39, 0.29) is 18.7 Å². The second kappa shape index (κ2) is 6.19. The zero-order chi connectivity index (χ0) is 12.8. The van der Waals surface area contributed by atoms with Crippen molar-refractivity contribution in [3.63, 3.8) is 0 Å². The normalized spacial score (nSPS) is 10.2. The first kappa shape index (κ1) is 13.4. The number of nitrogens with zero attached hydrogens (tertiary/aromatic N) is 2. The number of carboxylic acids is 1. The van der Waals surface area contributed by atoms with E-state index in [1.807, 2.05) is 0 Å². The van der Waals surface area contributed by atoms with Crippen molar-refractivity contribution < 1.29 is 14.7 Å². The summed E-state index contributed by atoms with van der Waals surface area (Å²) >= 11 is 1.30. The number of anilines is 1. The second-order valence-corrected chi connectivity index (χ2v) is 4.56. The van der Waals surface area contributed by atoms with E-state index < -0.39 is 5.97 Å². The number of rotatable bonds is 6. The van der Waals surface area contributed by atoms with E-state index in [4.69, 9.17) is 10.8 Å². The monoisotopic (exact) mass is 257 g/mol. The van der Waals surface area contributed by atoms with Crippen LogP contribution in [0.5, 0.6) is 0 Å². The fourth-order valence-electron chi connectivity index (χ4n) is 1.29. The lowest BCUT2D eigenvalue weighted by molar-refractivity contribution is -0.138. The molecule has 17 heavy (non-hydrogen) atoms. The van der Waals surface area contributed by atoms with Gasteiger partial charge < -0.3 is 15.7 Å². The van der Waals surface area contributed by atoms with Crippen molar-refractivity contribution in [2.24, 2.45) is 0 Å². The Labute approximate surface area is 103 Å². The van der Waals surface area contributed by atoms with Crippen LogP contribution in [-0.2, 0) is 16.0 Å². The summed E-state index contributed by atoms with van der Waals surface area (Å²) < 4.78 is 0. The van der Waals surface area contributed by atoms with E-state index >= 15 is 0 Å². The Bertz CT molecular complexity index is 405. The van der Waals surface area contributed by atoms with Crippen LogP contribution in [0.4, 0.5) is 5.13 Å². The lowest BCUT2D eigenvalue weighted by Crippen LogP contribution is -2.29. The molecule has 0 unspecified atom stereocenters. The Morgan fingerprint density at radius 3 is 2.82 bits per heavy atom. The zero-order valence-electron chi connectivity index (χ0n) is 9.55. The summed E-state index contributed by atoms with van der Waals surface area (Å²) in [7, 11) is 1.65. The van der Waals surface area contributed by atoms with Crippen molar-refractivity contribution in [3.8, 4) is 0 Å². The summed E-state index contributed by atoms with van der Waals surface area (Å²) in [6.45, 7) is 0.435. The van der Waals surface area contributed by atoms with Crippen molar-refractivity contribution in [3.05, 3.63) is 11.1 Å². The SMILES string of the molecule is CN(CCCC(=O)O)C(=O)Cc1csc(N)n1. The minimum atomic E-state index is -0.849. The molecular weight excluding hydrogens is 242 g/mol. The molecule has 0 bridgehead atoms. The predicted molar refractivity (Wildman–Crippen MR) is 64.7 cm³/mol. The van der Waals surface area contributed by atoms with Crippen LogP contribution in [0.2, 0.25) is 0 Å². The van der Waals surface area contributed by atoms with Crippen LogP contribution in [0.15, 0.2) is 5.38 Å². The van der Waals surface area contributed by atoms with Gasteiger partial charge in [0.05, 0.1) is 12.1 Å². The first-order valence-corrected chi connectivity index (χ1v) is 6.02. The van der Waals surface area contributed by atoms with Crippen molar-refractivity contribution in [2.75, 3.05) is 19.3 Å². The zero-order valence-corrected chi connectivity index (χ0v) is 10.4. The van der Waals surface area contributed by atoms with Crippen molar-refractivity contribution >= 4 is 28.3 Å². The van der Waals surface area contributed by atoms with Gasteiger partial charge in [0, 0.05) is 25.4 Å². The average molecular weight is 257 g/mol. The van der Waals surface area contributed by atoms with E-state index in [9.17, 15) is 9.59 Å². The number of thiazole rings is 1. The quantitative estimate of drug-likeness (QED) is 0.777. The molecule has 1 heterocycles. The first-order valence-electron chi connectivity index (χ1n) is 5.14. The smallest absolute Gasteiger partial charge is 0.303 e. The van der Waals surface area contributed by atoms with Crippen LogP contribution >= 0.6 is 11.3 Å². The summed E-state index contributed by atoms with van der Waals surface area (Å²) in [5.41, 5.74) is 6.12. The van der Waals surface area contributed by atoms with Crippen LogP contribution < -0.4 is 5.73 Å². The Hall–Kier alpha value is -1.63. The third-order valence-electron chi connectivity index (χ3n) is 2.21. The van der Waals surface area contributed by atoms with Crippen molar-refractivity contribution in [1.29, 1.82) is 0 Å². The maximum atomic E-state index is 11.7. The van der Waals surface area contributed by atoms with Crippen LogP contribution in [-0.4, -0.2) is 40.5 Å². The lowest BCUT2D eigenvalue weighted by atomic mass is 10.2. The van der Waals surface area contributed by atoms with Gasteiger partial charge in [-0.3, -0.25) is 9.59 Å². The number of likely N-dealkylation sites (N-methyl/N-ethyl adjacent to an activating group) is 1. The molecule has 3 N–H and O–H groups in total. The molecule has 0 aliphatic rings. The number of nitrogens with two attached hydrogens (primary N) is 1. The topological polar surface area (TPSA) is 96.5 Å². The van der Waals surface area contributed by atoms with Crippen LogP contribution in [0, 0.1) is 0 Å². The molecule has 7 heteroatoms. The van der Waals surface area contributed by atoms with Crippen LogP contribution in [0.25, 0.3) is 0 Å². The molecule has 0 fully saturated rings. The number of carbonyl (C=O) groups excluding carboxylic acids is 1. The molecule has 94 valence electrons. The van der Waals surface area contributed by atoms with Gasteiger partial charge in [-0.15, -0.1) is 11.3 Å². The van der Waals surface area contributed by atoms with Gasteiger partial charge in [-0.05, 0) is 6.42 Å². The molecule has 0 aromatic carbocycles. The number of carboxylic acid groups (broad SMARTS) is 1. The standard InChI is InChI=1S/C10H15N3O3S/c1-13(4-2-3-9(15)16)8(14)5-7-6-17-10(11)12-7/h6H,2-5H2,1H3,(H2,11,12)(H,15,16). The molecule has 0 saturated carbocycles. The Balaban J connectivity index is 2.34. The highest BCUT2D eigenvalue weighted by molar-refractivity contribution is 7.13. The van der Waals surface area contributed by atoms with Gasteiger partial charge in [-0.1, -0.05) is 0 Å². The molecule has 6 nitrogen and oxygen atoms in total. The number of aliphatic carboxylic acids is 1. The highest BCUT2D eigenvalue weighted by Crippen LogP contribution is 2.12. The summed E-state index contributed by atoms with van der Waals surface area (Å²) in [5.74, 6) is -0.932. The Morgan fingerprint density at radius 2 is 2.29 bits per heavy atom. The average Bonchev–Trinajstić information content (AvgIpc) is 2.63. The Morgan fingerprint density at radius 1 is 1.59 bits per heavy atom. The van der Waals surface area contributed by atoms with Gasteiger partial charge in [0.15, 0.2) is 5.13 Å². The molecule has 0 aliphatic carbocycles. The summed E-state index contributed by atoms with van der Waals surface area (Å²) in [6.07, 6.45) is 0.731. The minimum absolute atomic E-state index is 0.0707. The second-order valence-electron chi connectivity index (χ2n) is 3.67. The van der Waals surface area contributed by atoms with E-state index in [0.29, 0.717) is 23.8 Å². The third kappa shape index (κ3) is 4.81. The van der Waals surface area contributed by atoms with Gasteiger partial charge in [0.1, 0.15) is 0 Å². The molecule has 0 radical (unpaired) electrons. The van der Waals surface area contributed by atoms with Gasteiger partial charge in [0.25, 0.3) is 0 Å². The van der Waals surface area contributed by atoms with Crippen LogP contribution in [0.3, 0.4) is 0 Å². The number of hydrogen-bond acceptors (Lipinski definition) is 5. The molecular formula is C10H15N3O3S. The van der Waals surface area contributed by atoms with Gasteiger partial charge in [-0.25, -0.2) is 4.98 Å². The molecule has 0 saturated heterocycles. The third-order valence-corrected chi connectivity index (χ3v) is 2.93. The summed E-state index contributed by atoms with van der Waals surface area (Å²) in [4.78, 5) is 27.5. The fraction of sp³-hybridized carbons (Fsp3) is 0.500. The lowest BCUT2D eigenvalue weighted by Gasteiger charge is -2.15. The molecule has 0 aliphatic heterocycles. The summed E-state index contributed by atoms with van der Waals surface area (Å²) in [6, 6.07) is 0. The molecule has 1 aromatic heterocycles. The first-order chi connectivity index (χ1) is 7.99. The summed E-state index contributed by atoms with van der Waals surface area (Å²) in [5, 5.41) is 10.7. The molecule has 1 aromatic rings. The number of amides is 1. The highest BCUT2D eigenvalue weighted by atomic mass is 32.1. The fourth-order valence-corrected chi connectivity index (χ4v) is 1.85. The van der Waals surface area contributed by atoms with Crippen molar-refractivity contribution in [1.82, 2.24) is 9.88 Å². The maximum Gasteiger partial charge on any atom is 0.303 e. The van der Waals surface area contributed by atoms with Gasteiger partial charge >= 0.3 is 5.97 Å². The number of hydrogen-bond donors (Lipinski definition) is 2. The largest absolute Gasteiger partial charge is 0.481 e. The maximum absolute atomic E-state index is 11.7. The van der Waals surface area contributed by atoms with Crippen molar-refractivity contribution in [2.45, 2.75) is 19.3 Å². The van der Waals surface area contributed by atoms with E-state index in [1.54, 1.807) is 12.4 Å². The predicted octanol–water partition coefficient (Wildman–Crippen LogP) is 0.591. The van der Waals surface area contributed by atoms with E-state index in [1.165, 1.54) is 16.2 Å². The van der Waals surface area contributed by atoms with Gasteiger partial charge in [-0.2, -0.15) is 0 Å². The van der Waals surface area contributed by atoms with E-state index in [2.05, 4.69) is 4.98 Å². The number of aromatic nitrogens is 1. The van der Waals surface area contributed by atoms with E-state index in [0.717, 1.165) is 0 Å². The highest BCUT2D eigenvalue weighted by Gasteiger charge is 2.11. The minimum Gasteiger partial charge on any atom is -0.481 e. The molecule has 1 rings (SSSR count). The number of carbonyl (C=O) groups is 2. The van der Waals surface area contributed by atoms with Gasteiger partial charge in [0.2, 0.25) is 5.91 Å². The molecule has 0 spiro atoms. The molecule has 0 atom stereocenters.